The maximum absolute atomic E-state index is 13.6. The van der Waals surface area contributed by atoms with E-state index in [9.17, 15) is 4.79 Å². The number of rotatable bonds is 8. The first kappa shape index (κ1) is 24.7. The zero-order chi connectivity index (χ0) is 25.2. The van der Waals surface area contributed by atoms with E-state index in [2.05, 4.69) is 67.9 Å². The Morgan fingerprint density at radius 2 is 1.92 bits per heavy atom. The number of quaternary nitrogens is 1. The zero-order valence-electron chi connectivity index (χ0n) is 21.8. The van der Waals surface area contributed by atoms with Crippen LogP contribution in [0, 0.1) is 17.8 Å². The quantitative estimate of drug-likeness (QED) is 0.349. The van der Waals surface area contributed by atoms with Gasteiger partial charge in [-0.3, -0.25) is 9.78 Å². The number of nitrogens with zero attached hydrogens (tertiary/aromatic N) is 1. The highest BCUT2D eigenvalue weighted by Crippen LogP contribution is 2.37. The van der Waals surface area contributed by atoms with Crippen molar-refractivity contribution in [3.8, 4) is 0 Å². The molecule has 3 fully saturated rings. The third-order valence-electron chi connectivity index (χ3n) is 8.40. The highest BCUT2D eigenvalue weighted by atomic mass is 16.5. The number of carbonyl (C=O) groups excluding carboxylic acids is 1. The summed E-state index contributed by atoms with van der Waals surface area (Å²) in [4.78, 5) is 19.7. The van der Waals surface area contributed by atoms with Gasteiger partial charge < -0.3 is 9.64 Å². The predicted octanol–water partition coefficient (Wildman–Crippen LogP) is 5.30. The van der Waals surface area contributed by atoms with Gasteiger partial charge in [-0.25, -0.2) is 0 Å². The second-order valence-electron chi connectivity index (χ2n) is 11.2. The number of ether oxygens (including phenoxy) is 1. The normalized spacial score (nSPS) is 25.0. The van der Waals surface area contributed by atoms with Crippen molar-refractivity contribution in [3.05, 3.63) is 90.1 Å². The highest BCUT2D eigenvalue weighted by Gasteiger charge is 2.48. The van der Waals surface area contributed by atoms with Gasteiger partial charge in [0.05, 0.1) is 24.5 Å². The molecular weight excluding hydrogens is 444 g/mol. The van der Waals surface area contributed by atoms with E-state index in [0.717, 1.165) is 48.0 Å². The molecule has 0 amide bonds. The number of aromatic nitrogens is 1. The number of piperidine rings is 3. The average Bonchev–Trinajstić information content (AvgIpc) is 2.91. The molecule has 0 radical (unpaired) electrons. The molecule has 2 aromatic carbocycles. The number of hydrogen-bond donors (Lipinski definition) is 1. The second-order valence-corrected chi connectivity index (χ2v) is 11.2. The molecule has 6 rings (SSSR count). The van der Waals surface area contributed by atoms with Gasteiger partial charge in [0, 0.05) is 35.9 Å². The van der Waals surface area contributed by atoms with Gasteiger partial charge in [-0.05, 0) is 48.4 Å². The van der Waals surface area contributed by atoms with Crippen LogP contribution in [0.25, 0.3) is 10.9 Å². The third kappa shape index (κ3) is 4.97. The molecule has 1 unspecified atom stereocenters. The molecule has 4 heterocycles. The summed E-state index contributed by atoms with van der Waals surface area (Å²) in [5.74, 6) is 1.31. The van der Waals surface area contributed by atoms with Crippen LogP contribution in [0.1, 0.15) is 62.3 Å². The van der Waals surface area contributed by atoms with E-state index in [1.54, 1.807) is 0 Å². The summed E-state index contributed by atoms with van der Waals surface area (Å²) in [5, 5.41) is 1.07. The van der Waals surface area contributed by atoms with Crippen LogP contribution in [0.3, 0.4) is 0 Å². The molecule has 3 aromatic rings. The topological polar surface area (TPSA) is 43.6 Å². The van der Waals surface area contributed by atoms with E-state index in [1.165, 1.54) is 16.9 Å². The van der Waals surface area contributed by atoms with Crippen molar-refractivity contribution in [2.75, 3.05) is 13.1 Å². The van der Waals surface area contributed by atoms with Crippen LogP contribution >= 0.6 is 0 Å². The highest BCUT2D eigenvalue weighted by molar-refractivity contribution is 5.83. The number of nitrogens with one attached hydrogen (secondary N) is 1. The molecule has 188 valence electrons. The lowest BCUT2D eigenvalue weighted by molar-refractivity contribution is -0.949. The smallest absolute Gasteiger partial charge is 0.313 e. The molecular formula is C32H39N2O2+. The second kappa shape index (κ2) is 10.6. The van der Waals surface area contributed by atoms with Gasteiger partial charge in [-0.15, -0.1) is 6.58 Å². The van der Waals surface area contributed by atoms with E-state index < -0.39 is 0 Å². The Bertz CT molecular complexity index is 1210. The molecule has 0 saturated carbocycles. The molecule has 0 spiro atoms. The number of pyridine rings is 1. The van der Waals surface area contributed by atoms with Crippen LogP contribution < -0.4 is 4.90 Å². The van der Waals surface area contributed by atoms with Gasteiger partial charge >= 0.3 is 5.97 Å². The van der Waals surface area contributed by atoms with Crippen molar-refractivity contribution in [1.82, 2.24) is 4.98 Å². The molecule has 0 aliphatic carbocycles. The van der Waals surface area contributed by atoms with E-state index >= 15 is 0 Å². The van der Waals surface area contributed by atoms with Crippen molar-refractivity contribution >= 4 is 16.9 Å². The molecule has 1 N–H and O–H groups in total. The maximum atomic E-state index is 13.6. The Balaban J connectivity index is 1.44. The van der Waals surface area contributed by atoms with Gasteiger partial charge in [-0.1, -0.05) is 62.4 Å². The lowest BCUT2D eigenvalue weighted by Gasteiger charge is -2.48. The molecule has 36 heavy (non-hydrogen) atoms. The Hall–Kier alpha value is -2.98. The van der Waals surface area contributed by atoms with Crippen LogP contribution in [-0.2, 0) is 16.0 Å². The summed E-state index contributed by atoms with van der Waals surface area (Å²) in [6.45, 7) is 12.7. The molecule has 4 heteroatoms. The molecule has 6 atom stereocenters. The largest absolute Gasteiger partial charge is 0.451 e. The summed E-state index contributed by atoms with van der Waals surface area (Å²) >= 11 is 0. The number of esters is 1. The summed E-state index contributed by atoms with van der Waals surface area (Å²) in [6.07, 6.45) is 7.01. The molecule has 2 bridgehead atoms. The summed E-state index contributed by atoms with van der Waals surface area (Å²) in [7, 11) is 0. The Kier molecular flexibility index (Phi) is 7.25. The lowest BCUT2D eigenvalue weighted by Crippen LogP contribution is -3.20. The molecule has 3 aliphatic heterocycles. The molecule has 3 aliphatic rings. The predicted molar refractivity (Wildman–Crippen MR) is 145 cm³/mol. The van der Waals surface area contributed by atoms with E-state index in [1.807, 2.05) is 31.3 Å². The van der Waals surface area contributed by atoms with Crippen molar-refractivity contribution in [1.29, 1.82) is 0 Å². The van der Waals surface area contributed by atoms with Crippen LogP contribution in [0.2, 0.25) is 0 Å². The number of benzene rings is 2. The first-order valence-corrected chi connectivity index (χ1v) is 13.5. The lowest BCUT2D eigenvalue weighted by atomic mass is 9.73. The van der Waals surface area contributed by atoms with Gasteiger partial charge in [-0.2, -0.15) is 0 Å². The van der Waals surface area contributed by atoms with E-state index in [4.69, 9.17) is 4.74 Å². The van der Waals surface area contributed by atoms with Gasteiger partial charge in [0.2, 0.25) is 0 Å². The first-order valence-electron chi connectivity index (χ1n) is 13.5. The van der Waals surface area contributed by atoms with Gasteiger partial charge in [0.15, 0.2) is 6.10 Å². The minimum atomic E-state index is -0.319. The summed E-state index contributed by atoms with van der Waals surface area (Å²) in [5.41, 5.74) is 4.34. The Morgan fingerprint density at radius 1 is 1.14 bits per heavy atom. The average molecular weight is 484 g/mol. The fourth-order valence-electron chi connectivity index (χ4n) is 6.40. The van der Waals surface area contributed by atoms with Gasteiger partial charge in [0.1, 0.15) is 6.04 Å². The SMILES string of the molecule is C=C[C@H]1C[NH+]2CC[C@@H]1C[C@H]2[C@H](OC(=O)[C@H](C)c1ccc(CC(C)C)cc1)c1ccnc2ccccc12. The first-order chi connectivity index (χ1) is 17.4. The standard InChI is InChI=1S/C32H38N2O2/c1-5-24-20-34-17-15-26(24)19-30(34)31(28-14-16-33-29-9-7-6-8-27(28)29)36-32(35)22(4)25-12-10-23(11-13-25)18-21(2)3/h5-14,16,21-22,24,26,30-31H,1,15,17-20H2,2-4H3/p+1/t22-,24+,26-,30+,31-/m1/s1. The minimum Gasteiger partial charge on any atom is -0.451 e. The monoisotopic (exact) mass is 483 g/mol. The van der Waals surface area contributed by atoms with E-state index in [0.29, 0.717) is 17.8 Å². The van der Waals surface area contributed by atoms with E-state index in [-0.39, 0.29) is 24.0 Å². The fourth-order valence-corrected chi connectivity index (χ4v) is 6.40. The Labute approximate surface area is 215 Å². The van der Waals surface area contributed by atoms with Crippen molar-refractivity contribution in [3.63, 3.8) is 0 Å². The maximum Gasteiger partial charge on any atom is 0.313 e. The molecule has 4 nitrogen and oxygen atoms in total. The zero-order valence-corrected chi connectivity index (χ0v) is 21.8. The summed E-state index contributed by atoms with van der Waals surface area (Å²) in [6, 6.07) is 19.0. The summed E-state index contributed by atoms with van der Waals surface area (Å²) < 4.78 is 6.50. The third-order valence-corrected chi connectivity index (χ3v) is 8.40. The number of carbonyl (C=O) groups is 1. The van der Waals surface area contributed by atoms with Gasteiger partial charge in [0.25, 0.3) is 0 Å². The number of hydrogen-bond acceptors (Lipinski definition) is 3. The number of para-hydroxylation sites is 1. The molecule has 3 saturated heterocycles. The molecule has 1 aromatic heterocycles. The van der Waals surface area contributed by atoms with Crippen molar-refractivity contribution in [2.45, 2.75) is 58.1 Å². The fraction of sp³-hybridized carbons (Fsp3) is 0.438. The van der Waals surface area contributed by atoms with Crippen molar-refractivity contribution in [2.24, 2.45) is 17.8 Å². The van der Waals surface area contributed by atoms with Crippen molar-refractivity contribution < 1.29 is 14.4 Å². The van der Waals surface area contributed by atoms with Crippen LogP contribution in [0.15, 0.2) is 73.4 Å². The van der Waals surface area contributed by atoms with Crippen LogP contribution in [0.4, 0.5) is 0 Å². The van der Waals surface area contributed by atoms with Crippen LogP contribution in [0.5, 0.6) is 0 Å². The number of fused-ring (bicyclic) bond motifs is 4. The minimum absolute atomic E-state index is 0.153. The Morgan fingerprint density at radius 3 is 2.61 bits per heavy atom. The van der Waals surface area contributed by atoms with Crippen LogP contribution in [-0.4, -0.2) is 30.1 Å².